The molecule has 1 aromatic carbocycles. The van der Waals surface area contributed by atoms with Crippen LogP contribution in [-0.4, -0.2) is 72.3 Å². The third kappa shape index (κ3) is 11.6. The number of carbonyl (C=O) groups is 7. The van der Waals surface area contributed by atoms with Gasteiger partial charge in [-0.3, -0.25) is 28.9 Å². The van der Waals surface area contributed by atoms with E-state index in [1.807, 2.05) is 30.3 Å². The van der Waals surface area contributed by atoms with E-state index in [9.17, 15) is 33.6 Å². The van der Waals surface area contributed by atoms with Gasteiger partial charge in [-0.15, -0.1) is 0 Å². The highest BCUT2D eigenvalue weighted by Gasteiger charge is 2.28. The first kappa shape index (κ1) is 30.2. The Kier molecular flexibility index (Phi) is 13.0. The molecule has 0 saturated carbocycles. The van der Waals surface area contributed by atoms with Crippen LogP contribution in [0.1, 0.15) is 51.9 Å². The van der Waals surface area contributed by atoms with Crippen LogP contribution in [0.2, 0.25) is 0 Å². The summed E-state index contributed by atoms with van der Waals surface area (Å²) in [6, 6.07) is 7.46. The van der Waals surface area contributed by atoms with E-state index < -0.39 is 36.7 Å². The SMILES string of the molecule is [2H]C(=O)CNC(=O)[C@H](CCCNC(N)=O)CC(=O)[C@H](Cc1ccccc1)NC(=O)CCCCCN1C(=O)C=CC1=O. The molecule has 0 fully saturated rings. The maximum absolute atomic E-state index is 13.4. The summed E-state index contributed by atoms with van der Waals surface area (Å²) < 4.78 is 7.02. The highest BCUT2D eigenvalue weighted by Crippen LogP contribution is 2.16. The Bertz CT molecular complexity index is 1120. The summed E-state index contributed by atoms with van der Waals surface area (Å²) in [6.45, 7) is -0.0408. The summed E-state index contributed by atoms with van der Waals surface area (Å²) in [5.74, 6) is -2.85. The average Bonchev–Trinajstić information content (AvgIpc) is 3.25. The van der Waals surface area contributed by atoms with E-state index in [0.717, 1.165) is 10.5 Å². The third-order valence-corrected chi connectivity index (χ3v) is 6.37. The zero-order chi connectivity index (χ0) is 30.2. The van der Waals surface area contributed by atoms with Crippen molar-refractivity contribution in [1.82, 2.24) is 20.9 Å². The molecule has 1 aliphatic heterocycles. The standard InChI is InChI=1S/C28H37N5O7/c29-28(40)31-14-7-10-21(27(39)30-15-17-34)19-23(35)22(18-20-8-3-1-4-9-20)32-24(36)11-5-2-6-16-33-25(37)12-13-26(33)38/h1,3-4,8-9,12-13,17,21-22H,2,5-7,10-11,14-16,18-19H2,(H,30,39)(H,32,36)(H3,29,31,40)/t21-,22+/m1/s1/i17D. The Hall–Kier alpha value is -4.35. The number of ketones is 1. The van der Waals surface area contributed by atoms with Crippen LogP contribution in [0.15, 0.2) is 42.5 Å². The van der Waals surface area contributed by atoms with Crippen molar-refractivity contribution in [2.45, 2.75) is 57.4 Å². The highest BCUT2D eigenvalue weighted by atomic mass is 16.2. The van der Waals surface area contributed by atoms with Gasteiger partial charge in [0.1, 0.15) is 7.63 Å². The van der Waals surface area contributed by atoms with Crippen LogP contribution in [0.4, 0.5) is 4.79 Å². The maximum Gasteiger partial charge on any atom is 0.312 e. The normalized spacial score (nSPS) is 14.3. The Morgan fingerprint density at radius 1 is 0.975 bits per heavy atom. The fourth-order valence-electron chi connectivity index (χ4n) is 4.28. The van der Waals surface area contributed by atoms with E-state index in [0.29, 0.717) is 25.7 Å². The Morgan fingerprint density at radius 3 is 2.33 bits per heavy atom. The Balaban J connectivity index is 1.98. The largest absolute Gasteiger partial charge is 0.352 e. The molecule has 0 aliphatic carbocycles. The van der Waals surface area contributed by atoms with Gasteiger partial charge in [-0.2, -0.15) is 0 Å². The van der Waals surface area contributed by atoms with Crippen LogP contribution in [0.25, 0.3) is 0 Å². The summed E-state index contributed by atoms with van der Waals surface area (Å²) >= 11 is 0. The van der Waals surface area contributed by atoms with Gasteiger partial charge >= 0.3 is 6.03 Å². The molecule has 1 aliphatic rings. The van der Waals surface area contributed by atoms with Crippen molar-refractivity contribution >= 4 is 41.7 Å². The lowest BCUT2D eigenvalue weighted by Gasteiger charge is -2.22. The van der Waals surface area contributed by atoms with Crippen molar-refractivity contribution in [2.24, 2.45) is 11.7 Å². The summed E-state index contributed by atoms with van der Waals surface area (Å²) in [5, 5.41) is 7.55. The number of benzene rings is 1. The predicted molar refractivity (Wildman–Crippen MR) is 145 cm³/mol. The lowest BCUT2D eigenvalue weighted by Crippen LogP contribution is -2.44. The number of nitrogens with two attached hydrogens (primary N) is 1. The Labute approximate surface area is 234 Å². The van der Waals surface area contributed by atoms with E-state index in [1.165, 1.54) is 12.2 Å². The summed E-state index contributed by atoms with van der Waals surface area (Å²) in [4.78, 5) is 85.2. The molecule has 12 nitrogen and oxygen atoms in total. The lowest BCUT2D eigenvalue weighted by atomic mass is 9.91. The fraction of sp³-hybridized carbons (Fsp3) is 0.464. The molecule has 1 aromatic rings. The van der Waals surface area contributed by atoms with Gasteiger partial charge in [0.05, 0.1) is 12.6 Å². The molecule has 216 valence electrons. The van der Waals surface area contributed by atoms with E-state index in [4.69, 9.17) is 7.10 Å². The molecule has 12 heteroatoms. The number of hydrogen-bond acceptors (Lipinski definition) is 7. The number of nitrogens with zero attached hydrogens (tertiary/aromatic N) is 1. The first-order valence-electron chi connectivity index (χ1n) is 13.8. The summed E-state index contributed by atoms with van der Waals surface area (Å²) in [7, 11) is 0. The second-order valence-corrected chi connectivity index (χ2v) is 9.44. The van der Waals surface area contributed by atoms with Crippen LogP contribution in [0.5, 0.6) is 0 Å². The van der Waals surface area contributed by atoms with Crippen molar-refractivity contribution in [3.8, 4) is 0 Å². The molecule has 0 unspecified atom stereocenters. The van der Waals surface area contributed by atoms with Gasteiger partial charge in [0.25, 0.3) is 11.8 Å². The van der Waals surface area contributed by atoms with Gasteiger partial charge in [-0.25, -0.2) is 4.79 Å². The number of hydrogen-bond donors (Lipinski definition) is 4. The number of nitrogens with one attached hydrogen (secondary N) is 3. The third-order valence-electron chi connectivity index (χ3n) is 6.37. The number of urea groups is 1. The minimum atomic E-state index is -0.983. The van der Waals surface area contributed by atoms with Crippen molar-refractivity contribution in [1.29, 1.82) is 0 Å². The number of aldehydes is 1. The van der Waals surface area contributed by atoms with Crippen LogP contribution in [0.3, 0.4) is 0 Å². The Morgan fingerprint density at radius 2 is 1.68 bits per heavy atom. The number of carbonyl (C=O) groups excluding carboxylic acids is 7. The monoisotopic (exact) mass is 556 g/mol. The molecule has 0 saturated heterocycles. The molecular weight excluding hydrogens is 518 g/mol. The van der Waals surface area contributed by atoms with Crippen molar-refractivity contribution in [3.05, 3.63) is 48.0 Å². The van der Waals surface area contributed by atoms with Gasteiger partial charge in [-0.05, 0) is 37.7 Å². The molecule has 1 heterocycles. The van der Waals surface area contributed by atoms with E-state index in [1.54, 1.807) is 0 Å². The van der Waals surface area contributed by atoms with Gasteiger partial charge in [0.15, 0.2) is 5.78 Å². The molecule has 5 N–H and O–H groups in total. The minimum Gasteiger partial charge on any atom is -0.352 e. The van der Waals surface area contributed by atoms with E-state index in [2.05, 4.69) is 16.0 Å². The average molecular weight is 557 g/mol. The van der Waals surface area contributed by atoms with Crippen LogP contribution >= 0.6 is 0 Å². The molecular formula is C28H37N5O7. The molecule has 6 amide bonds. The van der Waals surface area contributed by atoms with Gasteiger partial charge in [-0.1, -0.05) is 36.8 Å². The van der Waals surface area contributed by atoms with E-state index >= 15 is 0 Å². The lowest BCUT2D eigenvalue weighted by molar-refractivity contribution is -0.137. The maximum atomic E-state index is 13.4. The molecule has 0 radical (unpaired) electrons. The number of primary amides is 1. The molecule has 0 bridgehead atoms. The van der Waals surface area contributed by atoms with Gasteiger partial charge in [0, 0.05) is 44.0 Å². The fourth-order valence-corrected chi connectivity index (χ4v) is 4.28. The number of amides is 6. The smallest absolute Gasteiger partial charge is 0.312 e. The van der Waals surface area contributed by atoms with Crippen molar-refractivity contribution in [2.75, 3.05) is 19.6 Å². The van der Waals surface area contributed by atoms with Crippen LogP contribution in [0, 0.1) is 5.92 Å². The quantitative estimate of drug-likeness (QED) is 0.109. The topological polar surface area (TPSA) is 185 Å². The number of rotatable bonds is 19. The van der Waals surface area contributed by atoms with Crippen molar-refractivity contribution in [3.63, 3.8) is 0 Å². The van der Waals surface area contributed by atoms with Gasteiger partial charge < -0.3 is 26.5 Å². The first-order chi connectivity index (χ1) is 19.6. The molecule has 40 heavy (non-hydrogen) atoms. The molecule has 0 spiro atoms. The van der Waals surface area contributed by atoms with Crippen LogP contribution < -0.4 is 21.7 Å². The highest BCUT2D eigenvalue weighted by molar-refractivity contribution is 6.12. The number of unbranched alkanes of at least 4 members (excludes halogenated alkanes) is 2. The summed E-state index contributed by atoms with van der Waals surface area (Å²) in [6.07, 6.45) is 3.74. The zero-order valence-corrected chi connectivity index (χ0v) is 22.4. The zero-order valence-electron chi connectivity index (χ0n) is 23.4. The first-order valence-corrected chi connectivity index (χ1v) is 13.3. The van der Waals surface area contributed by atoms with Crippen molar-refractivity contribution < 1.29 is 34.9 Å². The van der Waals surface area contributed by atoms with E-state index in [-0.39, 0.29) is 62.3 Å². The van der Waals surface area contributed by atoms with Gasteiger partial charge in [0.2, 0.25) is 11.8 Å². The number of imide groups is 1. The minimum absolute atomic E-state index is 0.132. The predicted octanol–water partition coefficient (Wildman–Crippen LogP) is 0.538. The summed E-state index contributed by atoms with van der Waals surface area (Å²) in [5.41, 5.74) is 5.88. The number of Topliss-reactive ketones (excluding diaryl/α,β-unsaturated/α-hetero) is 1. The second kappa shape index (κ2) is 17.3. The molecule has 2 rings (SSSR count). The molecule has 0 aromatic heterocycles. The van der Waals surface area contributed by atoms with Crippen LogP contribution in [-0.2, 0) is 35.2 Å². The molecule has 2 atom stereocenters. The second-order valence-electron chi connectivity index (χ2n) is 9.44.